The number of anilines is 1. The number of rotatable bonds is 6. The first kappa shape index (κ1) is 15.1. The highest BCUT2D eigenvalue weighted by molar-refractivity contribution is 7.98. The molecule has 0 fully saturated rings. The van der Waals surface area contributed by atoms with Gasteiger partial charge >= 0.3 is 0 Å². The van der Waals surface area contributed by atoms with Gasteiger partial charge in [-0.05, 0) is 37.5 Å². The van der Waals surface area contributed by atoms with Gasteiger partial charge in [-0.2, -0.15) is 11.8 Å². The van der Waals surface area contributed by atoms with Gasteiger partial charge in [-0.25, -0.2) is 0 Å². The summed E-state index contributed by atoms with van der Waals surface area (Å²) in [5.41, 5.74) is 8.98. The lowest BCUT2D eigenvalue weighted by Gasteiger charge is -2.28. The molecule has 0 amide bonds. The molecule has 0 saturated carbocycles. The third kappa shape index (κ3) is 3.25. The Balaban J connectivity index is 2.41. The van der Waals surface area contributed by atoms with Gasteiger partial charge in [0.15, 0.2) is 0 Å². The Morgan fingerprint density at radius 2 is 2.10 bits per heavy atom. The van der Waals surface area contributed by atoms with E-state index in [0.717, 1.165) is 11.2 Å². The van der Waals surface area contributed by atoms with E-state index in [-0.39, 0.29) is 0 Å². The number of hydrogen-bond acceptors (Lipinski definition) is 4. The Morgan fingerprint density at radius 3 is 2.80 bits per heavy atom. The van der Waals surface area contributed by atoms with Gasteiger partial charge < -0.3 is 10.6 Å². The molecular weight excluding hydrogens is 266 g/mol. The highest BCUT2D eigenvalue weighted by Crippen LogP contribution is 2.28. The molecule has 4 heteroatoms. The fourth-order valence-electron chi connectivity index (χ4n) is 2.33. The van der Waals surface area contributed by atoms with Gasteiger partial charge in [-0.1, -0.05) is 18.2 Å². The Labute approximate surface area is 125 Å². The van der Waals surface area contributed by atoms with Gasteiger partial charge in [0.05, 0.1) is 11.2 Å². The first-order chi connectivity index (χ1) is 9.67. The molecule has 0 spiro atoms. The van der Waals surface area contributed by atoms with E-state index in [1.54, 1.807) is 0 Å². The van der Waals surface area contributed by atoms with Gasteiger partial charge in [0.1, 0.15) is 0 Å². The molecule has 0 aliphatic rings. The maximum atomic E-state index is 5.78. The monoisotopic (exact) mass is 289 g/mol. The normalized spacial score (nSPS) is 12.6. The number of fused-ring (bicyclic) bond motifs is 1. The van der Waals surface area contributed by atoms with Crippen LogP contribution < -0.4 is 10.6 Å². The lowest BCUT2D eigenvalue weighted by atomic mass is 10.1. The smallest absolute Gasteiger partial charge is 0.0726 e. The first-order valence-corrected chi connectivity index (χ1v) is 8.37. The standard InChI is InChI=1S/C16H23N3S/c1-12(8-9-20-3)19(2)16-10-13(11-17)18-15-7-5-4-6-14(15)16/h4-7,10,12H,8-9,11,17H2,1-3H3. The zero-order valence-electron chi connectivity index (χ0n) is 12.5. The second-order valence-electron chi connectivity index (χ2n) is 5.10. The van der Waals surface area contributed by atoms with Crippen LogP contribution in [0.25, 0.3) is 10.9 Å². The Bertz CT molecular complexity index is 571. The second kappa shape index (κ2) is 6.95. The van der Waals surface area contributed by atoms with Crippen molar-refractivity contribution in [1.82, 2.24) is 4.98 Å². The van der Waals surface area contributed by atoms with Gasteiger partial charge in [0.25, 0.3) is 0 Å². The summed E-state index contributed by atoms with van der Waals surface area (Å²) in [5, 5.41) is 1.20. The van der Waals surface area contributed by atoms with E-state index in [2.05, 4.69) is 54.4 Å². The van der Waals surface area contributed by atoms with E-state index >= 15 is 0 Å². The van der Waals surface area contributed by atoms with E-state index in [1.807, 2.05) is 17.8 Å². The third-order valence-electron chi connectivity index (χ3n) is 3.74. The third-order valence-corrected chi connectivity index (χ3v) is 4.38. The van der Waals surface area contributed by atoms with Crippen LogP contribution in [0.15, 0.2) is 30.3 Å². The number of thioether (sulfide) groups is 1. The quantitative estimate of drug-likeness (QED) is 0.886. The number of nitrogens with two attached hydrogens (primary N) is 1. The van der Waals surface area contributed by atoms with Crippen LogP contribution in [0.3, 0.4) is 0 Å². The predicted octanol–water partition coefficient (Wildman–Crippen LogP) is 3.27. The number of para-hydroxylation sites is 1. The first-order valence-electron chi connectivity index (χ1n) is 6.98. The minimum absolute atomic E-state index is 0.477. The van der Waals surface area contributed by atoms with Gasteiger partial charge in [0, 0.05) is 30.7 Å². The Hall–Kier alpha value is -1.26. The minimum Gasteiger partial charge on any atom is -0.371 e. The van der Waals surface area contributed by atoms with Crippen LogP contribution in [0.4, 0.5) is 5.69 Å². The van der Waals surface area contributed by atoms with Crippen LogP contribution in [0, 0.1) is 0 Å². The van der Waals surface area contributed by atoms with Crippen molar-refractivity contribution in [2.45, 2.75) is 25.9 Å². The zero-order valence-corrected chi connectivity index (χ0v) is 13.3. The molecule has 1 atom stereocenters. The summed E-state index contributed by atoms with van der Waals surface area (Å²) < 4.78 is 0. The van der Waals surface area contributed by atoms with E-state index in [9.17, 15) is 0 Å². The SMILES string of the molecule is CSCCC(C)N(C)c1cc(CN)nc2ccccc12. The lowest BCUT2D eigenvalue weighted by molar-refractivity contribution is 0.670. The van der Waals surface area contributed by atoms with Crippen LogP contribution in [0.1, 0.15) is 19.0 Å². The molecule has 2 aromatic rings. The van der Waals surface area contributed by atoms with Crippen LogP contribution in [0.2, 0.25) is 0 Å². The van der Waals surface area contributed by atoms with Crippen LogP contribution in [0.5, 0.6) is 0 Å². The number of nitrogens with zero attached hydrogens (tertiary/aromatic N) is 2. The van der Waals surface area contributed by atoms with Crippen molar-refractivity contribution in [2.75, 3.05) is 24.0 Å². The molecule has 0 radical (unpaired) electrons. The molecule has 1 aromatic heterocycles. The summed E-state index contributed by atoms with van der Waals surface area (Å²) in [5.74, 6) is 1.18. The molecule has 0 aliphatic carbocycles. The highest BCUT2D eigenvalue weighted by Gasteiger charge is 2.14. The fourth-order valence-corrected chi connectivity index (χ4v) is 2.90. The van der Waals surface area contributed by atoms with Gasteiger partial charge in [0.2, 0.25) is 0 Å². The van der Waals surface area contributed by atoms with Crippen molar-refractivity contribution < 1.29 is 0 Å². The molecule has 0 bridgehead atoms. The Morgan fingerprint density at radius 1 is 1.35 bits per heavy atom. The maximum Gasteiger partial charge on any atom is 0.0726 e. The molecule has 3 nitrogen and oxygen atoms in total. The molecule has 2 rings (SSSR count). The summed E-state index contributed by atoms with van der Waals surface area (Å²) in [6.07, 6.45) is 3.33. The number of aromatic nitrogens is 1. The van der Waals surface area contributed by atoms with Crippen LogP contribution in [-0.4, -0.2) is 30.1 Å². The van der Waals surface area contributed by atoms with E-state index in [4.69, 9.17) is 5.73 Å². The second-order valence-corrected chi connectivity index (χ2v) is 6.08. The number of benzene rings is 1. The fraction of sp³-hybridized carbons (Fsp3) is 0.438. The number of hydrogen-bond donors (Lipinski definition) is 1. The number of pyridine rings is 1. The zero-order chi connectivity index (χ0) is 14.5. The molecule has 0 saturated heterocycles. The van der Waals surface area contributed by atoms with E-state index in [0.29, 0.717) is 12.6 Å². The molecule has 1 heterocycles. The van der Waals surface area contributed by atoms with Crippen molar-refractivity contribution in [1.29, 1.82) is 0 Å². The van der Waals surface area contributed by atoms with Crippen LogP contribution >= 0.6 is 11.8 Å². The summed E-state index contributed by atoms with van der Waals surface area (Å²) >= 11 is 1.89. The summed E-state index contributed by atoms with van der Waals surface area (Å²) in [6, 6.07) is 10.9. The summed E-state index contributed by atoms with van der Waals surface area (Å²) in [4.78, 5) is 6.95. The van der Waals surface area contributed by atoms with Crippen LogP contribution in [-0.2, 0) is 6.54 Å². The summed E-state index contributed by atoms with van der Waals surface area (Å²) in [7, 11) is 2.16. The van der Waals surface area contributed by atoms with Gasteiger partial charge in [-0.3, -0.25) is 4.98 Å². The maximum absolute atomic E-state index is 5.78. The molecule has 0 aliphatic heterocycles. The van der Waals surface area contributed by atoms with Gasteiger partial charge in [-0.15, -0.1) is 0 Å². The average molecular weight is 289 g/mol. The average Bonchev–Trinajstić information content (AvgIpc) is 2.50. The molecule has 1 unspecified atom stereocenters. The van der Waals surface area contributed by atoms with Crippen molar-refractivity contribution in [3.05, 3.63) is 36.0 Å². The molecule has 2 N–H and O–H groups in total. The van der Waals surface area contributed by atoms with Crippen molar-refractivity contribution in [3.8, 4) is 0 Å². The molecular formula is C16H23N3S. The van der Waals surface area contributed by atoms with E-state index < -0.39 is 0 Å². The predicted molar refractivity (Wildman–Crippen MR) is 90.5 cm³/mol. The topological polar surface area (TPSA) is 42.1 Å². The van der Waals surface area contributed by atoms with Crippen molar-refractivity contribution >= 4 is 28.4 Å². The molecule has 108 valence electrons. The highest BCUT2D eigenvalue weighted by atomic mass is 32.2. The minimum atomic E-state index is 0.477. The molecule has 1 aromatic carbocycles. The van der Waals surface area contributed by atoms with Crippen molar-refractivity contribution in [3.63, 3.8) is 0 Å². The Kier molecular flexibility index (Phi) is 5.26. The summed E-state index contributed by atoms with van der Waals surface area (Å²) in [6.45, 7) is 2.75. The molecule has 20 heavy (non-hydrogen) atoms. The lowest BCUT2D eigenvalue weighted by Crippen LogP contribution is -2.29. The largest absolute Gasteiger partial charge is 0.371 e. The van der Waals surface area contributed by atoms with Crippen molar-refractivity contribution in [2.24, 2.45) is 5.73 Å². The van der Waals surface area contributed by atoms with E-state index in [1.165, 1.54) is 23.2 Å².